The van der Waals surface area contributed by atoms with Gasteiger partial charge < -0.3 is 13.7 Å². The van der Waals surface area contributed by atoms with Crippen molar-refractivity contribution < 1.29 is 22.4 Å². The summed E-state index contributed by atoms with van der Waals surface area (Å²) in [6, 6.07) is 17.4. The summed E-state index contributed by atoms with van der Waals surface area (Å²) in [5, 5.41) is 0. The van der Waals surface area contributed by atoms with Crippen LogP contribution in [0.3, 0.4) is 0 Å². The van der Waals surface area contributed by atoms with Crippen LogP contribution in [0.1, 0.15) is 35.2 Å². The first-order chi connectivity index (χ1) is 17.9. The highest BCUT2D eigenvalue weighted by Gasteiger charge is 2.33. The van der Waals surface area contributed by atoms with Gasteiger partial charge in [-0.05, 0) is 90.6 Å². The molecule has 7 heteroatoms. The van der Waals surface area contributed by atoms with Crippen LogP contribution < -0.4 is 13.7 Å². The number of hydrogen-bond acceptors (Lipinski definition) is 5. The summed E-state index contributed by atoms with van der Waals surface area (Å²) in [5.74, 6) is 1.58. The van der Waals surface area contributed by atoms with Gasteiger partial charge in [0.1, 0.15) is 17.4 Å². The zero-order chi connectivity index (χ0) is 26.4. The molecule has 0 aromatic heterocycles. The second-order valence-corrected chi connectivity index (χ2v) is 9.59. The van der Waals surface area contributed by atoms with Crippen molar-refractivity contribution in [3.63, 3.8) is 0 Å². The van der Waals surface area contributed by atoms with E-state index in [0.29, 0.717) is 23.3 Å². The molecule has 3 aromatic carbocycles. The van der Waals surface area contributed by atoms with E-state index in [1.54, 1.807) is 13.2 Å². The Morgan fingerprint density at radius 3 is 2.59 bits per heavy atom. The van der Waals surface area contributed by atoms with Gasteiger partial charge in [-0.15, -0.1) is 0 Å². The maximum absolute atomic E-state index is 13.5. The molecule has 0 radical (unpaired) electrons. The van der Waals surface area contributed by atoms with E-state index in [1.165, 1.54) is 34.4 Å². The standard InChI is InChI=1S/C26H26FNO3S.C4H5F/c1-3-30-25-13-18-12-24-23-8-7-21(29-2)11-17(23)9-10-28(24)16-19(18)14-26(25)31-32-22-6-4-5-20(27)15-22;1-3-4(2)5/h4-8,11,13-15,24H,3,9-10,12,16H2,1-2H3;3H,1-2H2. The number of benzene rings is 3. The molecular weight excluding hydrogens is 492 g/mol. The number of allylic oxidation sites excluding steroid dienone is 2. The Kier molecular flexibility index (Phi) is 8.90. The predicted molar refractivity (Wildman–Crippen MR) is 144 cm³/mol. The van der Waals surface area contributed by atoms with Gasteiger partial charge in [0.25, 0.3) is 0 Å². The molecule has 0 amide bonds. The van der Waals surface area contributed by atoms with Gasteiger partial charge in [0.05, 0.1) is 30.7 Å². The third-order valence-corrected chi connectivity index (χ3v) is 7.13. The minimum Gasteiger partial charge on any atom is -0.497 e. The normalized spacial score (nSPS) is 15.7. The van der Waals surface area contributed by atoms with Crippen molar-refractivity contribution in [1.29, 1.82) is 0 Å². The Morgan fingerprint density at radius 1 is 1.11 bits per heavy atom. The van der Waals surface area contributed by atoms with Gasteiger partial charge >= 0.3 is 0 Å². The minimum atomic E-state index is -0.481. The highest BCUT2D eigenvalue weighted by Crippen LogP contribution is 2.43. The number of nitrogens with zero attached hydrogens (tertiary/aromatic N) is 1. The monoisotopic (exact) mass is 523 g/mol. The maximum Gasteiger partial charge on any atom is 0.180 e. The van der Waals surface area contributed by atoms with Crippen LogP contribution in [0.25, 0.3) is 0 Å². The molecule has 1 unspecified atom stereocenters. The molecule has 194 valence electrons. The molecule has 5 rings (SSSR count). The molecule has 0 fully saturated rings. The third kappa shape index (κ3) is 6.53. The Hall–Kier alpha value is -3.29. The Labute approximate surface area is 221 Å². The van der Waals surface area contributed by atoms with E-state index in [4.69, 9.17) is 13.7 Å². The summed E-state index contributed by atoms with van der Waals surface area (Å²) in [6.45, 7) is 10.4. The molecule has 0 spiro atoms. The smallest absolute Gasteiger partial charge is 0.180 e. The molecule has 0 bridgehead atoms. The van der Waals surface area contributed by atoms with E-state index in [2.05, 4.69) is 48.4 Å². The van der Waals surface area contributed by atoms with Gasteiger partial charge in [-0.2, -0.15) is 0 Å². The second kappa shape index (κ2) is 12.3. The topological polar surface area (TPSA) is 30.9 Å². The van der Waals surface area contributed by atoms with Crippen LogP contribution in [0.15, 0.2) is 84.6 Å². The molecule has 2 aliphatic heterocycles. The zero-order valence-electron chi connectivity index (χ0n) is 21.1. The molecule has 0 saturated heterocycles. The summed E-state index contributed by atoms with van der Waals surface area (Å²) < 4.78 is 42.0. The number of halogens is 2. The Bertz CT molecular complexity index is 1280. The van der Waals surface area contributed by atoms with Crippen LogP contribution in [-0.2, 0) is 19.4 Å². The van der Waals surface area contributed by atoms with E-state index in [-0.39, 0.29) is 5.82 Å². The molecule has 3 aromatic rings. The second-order valence-electron chi connectivity index (χ2n) is 8.78. The molecular formula is C30H31F2NO3S. The summed E-state index contributed by atoms with van der Waals surface area (Å²) in [4.78, 5) is 3.26. The fraction of sp³-hybridized carbons (Fsp3) is 0.267. The number of rotatable bonds is 7. The van der Waals surface area contributed by atoms with Crippen LogP contribution in [0, 0.1) is 5.82 Å². The fourth-order valence-electron chi connectivity index (χ4n) is 4.65. The van der Waals surface area contributed by atoms with Gasteiger partial charge in [0, 0.05) is 19.1 Å². The number of methoxy groups -OCH3 is 1. The molecule has 0 saturated carbocycles. The van der Waals surface area contributed by atoms with Gasteiger partial charge in [-0.3, -0.25) is 4.90 Å². The highest BCUT2D eigenvalue weighted by atomic mass is 32.2. The molecule has 2 heterocycles. The first-order valence-electron chi connectivity index (χ1n) is 12.2. The van der Waals surface area contributed by atoms with Crippen LogP contribution in [0.5, 0.6) is 17.2 Å². The predicted octanol–water partition coefficient (Wildman–Crippen LogP) is 7.63. The van der Waals surface area contributed by atoms with Gasteiger partial charge in [-0.1, -0.05) is 25.3 Å². The molecule has 0 N–H and O–H groups in total. The van der Waals surface area contributed by atoms with Gasteiger partial charge in [-0.25, -0.2) is 8.78 Å². The van der Waals surface area contributed by atoms with Crippen molar-refractivity contribution in [2.75, 3.05) is 20.3 Å². The fourth-order valence-corrected chi connectivity index (χ4v) is 5.26. The summed E-state index contributed by atoms with van der Waals surface area (Å²) >= 11 is 1.15. The van der Waals surface area contributed by atoms with E-state index < -0.39 is 5.83 Å². The molecule has 4 nitrogen and oxygen atoms in total. The lowest BCUT2D eigenvalue weighted by molar-refractivity contribution is 0.160. The van der Waals surface area contributed by atoms with E-state index in [1.807, 2.05) is 13.0 Å². The molecule has 1 atom stereocenters. The molecule has 37 heavy (non-hydrogen) atoms. The first-order valence-corrected chi connectivity index (χ1v) is 12.9. The van der Waals surface area contributed by atoms with Crippen molar-refractivity contribution in [1.82, 2.24) is 4.90 Å². The van der Waals surface area contributed by atoms with E-state index in [0.717, 1.165) is 55.5 Å². The van der Waals surface area contributed by atoms with Crippen LogP contribution in [0.2, 0.25) is 0 Å². The number of fused-ring (bicyclic) bond motifs is 4. The van der Waals surface area contributed by atoms with Crippen molar-refractivity contribution in [2.45, 2.75) is 37.2 Å². The Morgan fingerprint density at radius 2 is 1.89 bits per heavy atom. The third-order valence-electron chi connectivity index (χ3n) is 6.42. The minimum absolute atomic E-state index is 0.275. The maximum atomic E-state index is 13.5. The lowest BCUT2D eigenvalue weighted by Gasteiger charge is -2.41. The van der Waals surface area contributed by atoms with Crippen molar-refractivity contribution >= 4 is 12.0 Å². The number of ether oxygens (including phenoxy) is 2. The van der Waals surface area contributed by atoms with Crippen LogP contribution in [-0.4, -0.2) is 25.2 Å². The quantitative estimate of drug-likeness (QED) is 0.235. The van der Waals surface area contributed by atoms with Gasteiger partial charge in [0.15, 0.2) is 11.5 Å². The van der Waals surface area contributed by atoms with Gasteiger partial charge in [0.2, 0.25) is 0 Å². The lowest BCUT2D eigenvalue weighted by Crippen LogP contribution is -2.39. The molecule has 2 aliphatic rings. The summed E-state index contributed by atoms with van der Waals surface area (Å²) in [6.07, 6.45) is 3.01. The highest BCUT2D eigenvalue weighted by molar-refractivity contribution is 7.95. The van der Waals surface area contributed by atoms with Crippen LogP contribution >= 0.6 is 12.0 Å². The van der Waals surface area contributed by atoms with Crippen LogP contribution in [0.4, 0.5) is 8.78 Å². The SMILES string of the molecule is C=CC(=C)F.CCOc1cc2c(cc1OSc1cccc(F)c1)CN1CCc3cc(OC)ccc3C1C2. The first kappa shape index (κ1) is 26.8. The lowest BCUT2D eigenvalue weighted by atomic mass is 9.84. The average molecular weight is 524 g/mol. The largest absolute Gasteiger partial charge is 0.497 e. The molecule has 0 aliphatic carbocycles. The zero-order valence-corrected chi connectivity index (χ0v) is 22.0. The number of hydrogen-bond donors (Lipinski definition) is 0. The summed E-state index contributed by atoms with van der Waals surface area (Å²) in [5.41, 5.74) is 5.33. The van der Waals surface area contributed by atoms with Crippen molar-refractivity contribution in [2.24, 2.45) is 0 Å². The summed E-state index contributed by atoms with van der Waals surface area (Å²) in [7, 11) is 1.72. The van der Waals surface area contributed by atoms with E-state index in [9.17, 15) is 8.78 Å². The van der Waals surface area contributed by atoms with E-state index >= 15 is 0 Å². The van der Waals surface area contributed by atoms with Crippen molar-refractivity contribution in [3.05, 3.63) is 108 Å². The Balaban J connectivity index is 0.000000586. The van der Waals surface area contributed by atoms with Crippen molar-refractivity contribution in [3.8, 4) is 17.2 Å². The average Bonchev–Trinajstić information content (AvgIpc) is 2.91.